The van der Waals surface area contributed by atoms with E-state index in [9.17, 15) is 4.79 Å². The summed E-state index contributed by atoms with van der Waals surface area (Å²) in [5.74, 6) is -0.0795. The van der Waals surface area contributed by atoms with Gasteiger partial charge in [0.05, 0.1) is 10.6 Å². The van der Waals surface area contributed by atoms with Gasteiger partial charge in [0.15, 0.2) is 0 Å². The number of nitrogens with zero attached hydrogens (tertiary/aromatic N) is 1. The van der Waals surface area contributed by atoms with Gasteiger partial charge in [0, 0.05) is 18.3 Å². The monoisotopic (exact) mass is 370 g/mol. The summed E-state index contributed by atoms with van der Waals surface area (Å²) < 4.78 is 0. The SMILES string of the molecule is O=C(NCc1ccnc(-c2cccs2)c1)c1ccc(-c2ccccc2)cc1. The van der Waals surface area contributed by atoms with Crippen LogP contribution >= 0.6 is 11.3 Å². The lowest BCUT2D eigenvalue weighted by Gasteiger charge is -2.08. The molecule has 27 heavy (non-hydrogen) atoms. The minimum absolute atomic E-state index is 0.0795. The van der Waals surface area contributed by atoms with Gasteiger partial charge in [-0.05, 0) is 52.4 Å². The second-order valence-corrected chi connectivity index (χ2v) is 7.10. The number of carbonyl (C=O) groups is 1. The molecular formula is C23H18N2OS. The Morgan fingerprint density at radius 2 is 1.67 bits per heavy atom. The smallest absolute Gasteiger partial charge is 0.251 e. The molecule has 3 nitrogen and oxygen atoms in total. The van der Waals surface area contributed by atoms with Crippen molar-refractivity contribution in [1.29, 1.82) is 0 Å². The van der Waals surface area contributed by atoms with E-state index < -0.39 is 0 Å². The Hall–Kier alpha value is -3.24. The Kier molecular flexibility index (Phi) is 5.08. The third-order valence-electron chi connectivity index (χ3n) is 4.31. The zero-order valence-corrected chi connectivity index (χ0v) is 15.4. The number of aromatic nitrogens is 1. The number of thiophene rings is 1. The maximum absolute atomic E-state index is 12.5. The molecule has 1 N–H and O–H groups in total. The fourth-order valence-corrected chi connectivity index (χ4v) is 3.57. The summed E-state index contributed by atoms with van der Waals surface area (Å²) in [6, 6.07) is 25.8. The Balaban J connectivity index is 1.42. The van der Waals surface area contributed by atoms with E-state index in [0.29, 0.717) is 12.1 Å². The molecule has 0 fully saturated rings. The molecule has 1 amide bonds. The molecule has 0 radical (unpaired) electrons. The van der Waals surface area contributed by atoms with Crippen LogP contribution in [-0.2, 0) is 6.54 Å². The summed E-state index contributed by atoms with van der Waals surface area (Å²) in [6.07, 6.45) is 1.78. The number of benzene rings is 2. The van der Waals surface area contributed by atoms with Crippen molar-refractivity contribution in [2.24, 2.45) is 0 Å². The zero-order valence-electron chi connectivity index (χ0n) is 14.6. The maximum atomic E-state index is 12.5. The standard InChI is InChI=1S/C23H18N2OS/c26-23(20-10-8-19(9-11-20)18-5-2-1-3-6-18)25-16-17-12-13-24-21(15-17)22-7-4-14-27-22/h1-15H,16H2,(H,25,26). The lowest BCUT2D eigenvalue weighted by Crippen LogP contribution is -2.22. The van der Waals surface area contributed by atoms with E-state index >= 15 is 0 Å². The molecule has 0 saturated carbocycles. The fourth-order valence-electron chi connectivity index (χ4n) is 2.87. The van der Waals surface area contributed by atoms with Crippen molar-refractivity contribution in [3.63, 3.8) is 0 Å². The van der Waals surface area contributed by atoms with E-state index in [1.807, 2.05) is 72.1 Å². The van der Waals surface area contributed by atoms with Gasteiger partial charge in [-0.3, -0.25) is 9.78 Å². The average molecular weight is 370 g/mol. The highest BCUT2D eigenvalue weighted by Crippen LogP contribution is 2.23. The number of hydrogen-bond acceptors (Lipinski definition) is 3. The number of pyridine rings is 1. The molecule has 0 atom stereocenters. The van der Waals surface area contributed by atoms with Crippen LogP contribution in [0.15, 0.2) is 90.4 Å². The van der Waals surface area contributed by atoms with Crippen molar-refractivity contribution >= 4 is 17.2 Å². The van der Waals surface area contributed by atoms with E-state index in [-0.39, 0.29) is 5.91 Å². The molecule has 4 rings (SSSR count). The predicted molar refractivity (Wildman–Crippen MR) is 111 cm³/mol. The second-order valence-electron chi connectivity index (χ2n) is 6.15. The minimum atomic E-state index is -0.0795. The van der Waals surface area contributed by atoms with Gasteiger partial charge in [-0.1, -0.05) is 48.5 Å². The van der Waals surface area contributed by atoms with Crippen LogP contribution in [-0.4, -0.2) is 10.9 Å². The molecule has 0 saturated heterocycles. The van der Waals surface area contributed by atoms with Gasteiger partial charge in [-0.15, -0.1) is 11.3 Å². The van der Waals surface area contributed by atoms with Crippen molar-refractivity contribution in [3.05, 3.63) is 102 Å². The van der Waals surface area contributed by atoms with Crippen molar-refractivity contribution in [1.82, 2.24) is 10.3 Å². The van der Waals surface area contributed by atoms with Crippen LogP contribution in [0, 0.1) is 0 Å². The topological polar surface area (TPSA) is 42.0 Å². The number of carbonyl (C=O) groups excluding carboxylic acids is 1. The molecule has 2 heterocycles. The van der Waals surface area contributed by atoms with Crippen LogP contribution < -0.4 is 5.32 Å². The van der Waals surface area contributed by atoms with Gasteiger partial charge in [0.1, 0.15) is 0 Å². The highest BCUT2D eigenvalue weighted by atomic mass is 32.1. The molecule has 2 aromatic carbocycles. The molecule has 0 aliphatic heterocycles. The lowest BCUT2D eigenvalue weighted by atomic mass is 10.0. The Morgan fingerprint density at radius 3 is 2.41 bits per heavy atom. The Bertz CT molecular complexity index is 1030. The first-order valence-corrected chi connectivity index (χ1v) is 9.60. The van der Waals surface area contributed by atoms with Crippen molar-refractivity contribution in [2.45, 2.75) is 6.54 Å². The summed E-state index contributed by atoms with van der Waals surface area (Å²) in [7, 11) is 0. The normalized spacial score (nSPS) is 10.5. The highest BCUT2D eigenvalue weighted by Gasteiger charge is 2.07. The molecule has 0 aliphatic rings. The third kappa shape index (κ3) is 4.13. The molecule has 4 heteroatoms. The summed E-state index contributed by atoms with van der Waals surface area (Å²) in [5.41, 5.74) is 4.86. The van der Waals surface area contributed by atoms with Crippen LogP contribution in [0.1, 0.15) is 15.9 Å². The third-order valence-corrected chi connectivity index (χ3v) is 5.20. The molecule has 4 aromatic rings. The van der Waals surface area contributed by atoms with E-state index in [0.717, 1.165) is 27.3 Å². The maximum Gasteiger partial charge on any atom is 0.251 e. The second kappa shape index (κ2) is 7.98. The summed E-state index contributed by atoms with van der Waals surface area (Å²) in [4.78, 5) is 18.0. The van der Waals surface area contributed by atoms with Gasteiger partial charge in [0.25, 0.3) is 5.91 Å². The summed E-state index contributed by atoms with van der Waals surface area (Å²) >= 11 is 1.66. The van der Waals surface area contributed by atoms with Crippen LogP contribution in [0.2, 0.25) is 0 Å². The van der Waals surface area contributed by atoms with Crippen LogP contribution in [0.25, 0.3) is 21.7 Å². The molecule has 0 bridgehead atoms. The quantitative estimate of drug-likeness (QED) is 0.510. The van der Waals surface area contributed by atoms with E-state index in [4.69, 9.17) is 0 Å². The van der Waals surface area contributed by atoms with Gasteiger partial charge in [0.2, 0.25) is 0 Å². The van der Waals surface area contributed by atoms with Gasteiger partial charge in [-0.25, -0.2) is 0 Å². The summed E-state index contributed by atoms with van der Waals surface area (Å²) in [5, 5.41) is 5.02. The first-order valence-electron chi connectivity index (χ1n) is 8.72. The van der Waals surface area contributed by atoms with Crippen molar-refractivity contribution in [3.8, 4) is 21.7 Å². The molecular weight excluding hydrogens is 352 g/mol. The Morgan fingerprint density at radius 1 is 0.889 bits per heavy atom. The van der Waals surface area contributed by atoms with Gasteiger partial charge in [-0.2, -0.15) is 0 Å². The lowest BCUT2D eigenvalue weighted by molar-refractivity contribution is 0.0951. The van der Waals surface area contributed by atoms with Crippen molar-refractivity contribution in [2.75, 3.05) is 0 Å². The van der Waals surface area contributed by atoms with Gasteiger partial charge < -0.3 is 5.32 Å². The Labute approximate surface area is 162 Å². The molecule has 0 spiro atoms. The fraction of sp³-hybridized carbons (Fsp3) is 0.0435. The highest BCUT2D eigenvalue weighted by molar-refractivity contribution is 7.13. The van der Waals surface area contributed by atoms with E-state index in [1.54, 1.807) is 17.5 Å². The minimum Gasteiger partial charge on any atom is -0.348 e. The summed E-state index contributed by atoms with van der Waals surface area (Å²) in [6.45, 7) is 0.472. The van der Waals surface area contributed by atoms with Crippen LogP contribution in [0.4, 0.5) is 0 Å². The predicted octanol–water partition coefficient (Wildman–Crippen LogP) is 5.41. The number of nitrogens with one attached hydrogen (secondary N) is 1. The molecule has 0 aliphatic carbocycles. The first-order chi connectivity index (χ1) is 13.3. The molecule has 132 valence electrons. The average Bonchev–Trinajstić information content (AvgIpc) is 3.28. The zero-order chi connectivity index (χ0) is 18.5. The van der Waals surface area contributed by atoms with Crippen LogP contribution in [0.3, 0.4) is 0 Å². The van der Waals surface area contributed by atoms with E-state index in [1.165, 1.54) is 0 Å². The molecule has 2 aromatic heterocycles. The largest absolute Gasteiger partial charge is 0.348 e. The number of rotatable bonds is 5. The van der Waals surface area contributed by atoms with E-state index in [2.05, 4.69) is 22.4 Å². The molecule has 0 unspecified atom stereocenters. The van der Waals surface area contributed by atoms with Crippen molar-refractivity contribution < 1.29 is 4.79 Å². The van der Waals surface area contributed by atoms with Crippen LogP contribution in [0.5, 0.6) is 0 Å². The first kappa shape index (κ1) is 17.2. The van der Waals surface area contributed by atoms with Gasteiger partial charge >= 0.3 is 0 Å². The number of amides is 1. The number of hydrogen-bond donors (Lipinski definition) is 1.